The van der Waals surface area contributed by atoms with Crippen molar-refractivity contribution in [1.82, 2.24) is 14.8 Å². The lowest BCUT2D eigenvalue weighted by molar-refractivity contribution is 1.03. The SMILES string of the molecule is C1=C(c2cccc3ccccc23)n2cnnc2NC1. The van der Waals surface area contributed by atoms with Crippen molar-refractivity contribution in [2.24, 2.45) is 0 Å². The summed E-state index contributed by atoms with van der Waals surface area (Å²) in [6.45, 7) is 0.775. The van der Waals surface area contributed by atoms with Gasteiger partial charge in [-0.05, 0) is 16.8 Å². The van der Waals surface area contributed by atoms with E-state index in [1.165, 1.54) is 16.3 Å². The first-order chi connectivity index (χ1) is 9.43. The molecule has 0 spiro atoms. The van der Waals surface area contributed by atoms with Gasteiger partial charge in [0.1, 0.15) is 6.33 Å². The van der Waals surface area contributed by atoms with Crippen LogP contribution in [0.15, 0.2) is 54.9 Å². The van der Waals surface area contributed by atoms with Crippen molar-refractivity contribution < 1.29 is 0 Å². The number of anilines is 1. The third kappa shape index (κ3) is 1.53. The Bertz CT molecular complexity index is 780. The van der Waals surface area contributed by atoms with E-state index in [1.807, 2.05) is 4.57 Å². The van der Waals surface area contributed by atoms with Crippen LogP contribution in [0.1, 0.15) is 5.56 Å². The molecule has 2 heterocycles. The number of hydrogen-bond acceptors (Lipinski definition) is 3. The van der Waals surface area contributed by atoms with E-state index >= 15 is 0 Å². The van der Waals surface area contributed by atoms with E-state index in [0.29, 0.717) is 0 Å². The maximum atomic E-state index is 4.07. The Morgan fingerprint density at radius 3 is 2.95 bits per heavy atom. The molecule has 4 rings (SSSR count). The van der Waals surface area contributed by atoms with E-state index in [9.17, 15) is 0 Å². The van der Waals surface area contributed by atoms with Crippen LogP contribution in [-0.2, 0) is 0 Å². The minimum atomic E-state index is 0.775. The molecule has 0 unspecified atom stereocenters. The summed E-state index contributed by atoms with van der Waals surface area (Å²) >= 11 is 0. The summed E-state index contributed by atoms with van der Waals surface area (Å²) < 4.78 is 1.99. The van der Waals surface area contributed by atoms with Gasteiger partial charge in [0.25, 0.3) is 0 Å². The Morgan fingerprint density at radius 1 is 1.05 bits per heavy atom. The van der Waals surface area contributed by atoms with E-state index in [1.54, 1.807) is 6.33 Å². The summed E-state index contributed by atoms with van der Waals surface area (Å²) in [7, 11) is 0. The van der Waals surface area contributed by atoms with Crippen molar-refractivity contribution in [3.05, 3.63) is 60.4 Å². The van der Waals surface area contributed by atoms with Crippen LogP contribution in [0.25, 0.3) is 16.5 Å². The molecule has 0 aliphatic carbocycles. The molecule has 0 amide bonds. The third-order valence-electron chi connectivity index (χ3n) is 3.43. The van der Waals surface area contributed by atoms with Crippen molar-refractivity contribution in [3.8, 4) is 0 Å². The molecule has 0 saturated heterocycles. The number of benzene rings is 2. The summed E-state index contributed by atoms with van der Waals surface area (Å²) in [6.07, 6.45) is 3.91. The summed E-state index contributed by atoms with van der Waals surface area (Å²) in [5.41, 5.74) is 2.34. The number of fused-ring (bicyclic) bond motifs is 2. The first-order valence-corrected chi connectivity index (χ1v) is 6.26. The van der Waals surface area contributed by atoms with Crippen molar-refractivity contribution in [2.45, 2.75) is 0 Å². The summed E-state index contributed by atoms with van der Waals surface area (Å²) in [4.78, 5) is 0. The molecule has 1 aliphatic heterocycles. The number of nitrogens with zero attached hydrogens (tertiary/aromatic N) is 3. The third-order valence-corrected chi connectivity index (χ3v) is 3.43. The van der Waals surface area contributed by atoms with Crippen molar-refractivity contribution in [1.29, 1.82) is 0 Å². The zero-order chi connectivity index (χ0) is 12.7. The molecule has 19 heavy (non-hydrogen) atoms. The van der Waals surface area contributed by atoms with Gasteiger partial charge in [-0.3, -0.25) is 4.57 Å². The van der Waals surface area contributed by atoms with Gasteiger partial charge < -0.3 is 5.32 Å². The summed E-state index contributed by atoms with van der Waals surface area (Å²) in [6, 6.07) is 14.8. The Labute approximate surface area is 110 Å². The maximum Gasteiger partial charge on any atom is 0.229 e. The molecule has 0 fully saturated rings. The predicted octanol–water partition coefficient (Wildman–Crippen LogP) is 2.75. The fraction of sp³-hybridized carbons (Fsp3) is 0.0667. The highest BCUT2D eigenvalue weighted by molar-refractivity contribution is 5.94. The minimum absolute atomic E-state index is 0.775. The molecular formula is C15H12N4. The van der Waals surface area contributed by atoms with Crippen molar-refractivity contribution in [3.63, 3.8) is 0 Å². The van der Waals surface area contributed by atoms with Gasteiger partial charge in [-0.1, -0.05) is 42.5 Å². The van der Waals surface area contributed by atoms with Gasteiger partial charge >= 0.3 is 0 Å². The average molecular weight is 248 g/mol. The van der Waals surface area contributed by atoms with Crippen LogP contribution in [0.3, 0.4) is 0 Å². The number of rotatable bonds is 1. The van der Waals surface area contributed by atoms with E-state index in [0.717, 1.165) is 18.2 Å². The van der Waals surface area contributed by atoms with Gasteiger partial charge in [0.15, 0.2) is 0 Å². The molecule has 1 aliphatic rings. The van der Waals surface area contributed by atoms with Crippen molar-refractivity contribution >= 4 is 22.4 Å². The van der Waals surface area contributed by atoms with Crippen LogP contribution in [0.5, 0.6) is 0 Å². The lowest BCUT2D eigenvalue weighted by Gasteiger charge is -2.18. The quantitative estimate of drug-likeness (QED) is 0.720. The van der Waals surface area contributed by atoms with Crippen LogP contribution in [0, 0.1) is 0 Å². The largest absolute Gasteiger partial charge is 0.350 e. The van der Waals surface area contributed by atoms with Crippen LogP contribution in [0.4, 0.5) is 5.95 Å². The molecule has 3 aromatic rings. The molecule has 4 heteroatoms. The smallest absolute Gasteiger partial charge is 0.229 e. The lowest BCUT2D eigenvalue weighted by Crippen LogP contribution is -2.14. The van der Waals surface area contributed by atoms with E-state index in [-0.39, 0.29) is 0 Å². The van der Waals surface area contributed by atoms with Crippen LogP contribution in [0.2, 0.25) is 0 Å². The first kappa shape index (κ1) is 10.3. The van der Waals surface area contributed by atoms with Crippen LogP contribution < -0.4 is 5.32 Å². The second-order valence-electron chi connectivity index (χ2n) is 4.52. The van der Waals surface area contributed by atoms with E-state index < -0.39 is 0 Å². The van der Waals surface area contributed by atoms with E-state index in [4.69, 9.17) is 0 Å². The average Bonchev–Trinajstić information content (AvgIpc) is 2.95. The first-order valence-electron chi connectivity index (χ1n) is 6.26. The van der Waals surface area contributed by atoms with Crippen LogP contribution in [-0.4, -0.2) is 21.3 Å². The Kier molecular flexibility index (Phi) is 2.14. The van der Waals surface area contributed by atoms with Gasteiger partial charge in [0.05, 0.1) is 5.70 Å². The van der Waals surface area contributed by atoms with Gasteiger partial charge in [0.2, 0.25) is 5.95 Å². The second kappa shape index (κ2) is 3.95. The molecule has 0 bridgehead atoms. The second-order valence-corrected chi connectivity index (χ2v) is 4.52. The highest BCUT2D eigenvalue weighted by Gasteiger charge is 2.15. The molecule has 2 aromatic carbocycles. The van der Waals surface area contributed by atoms with Gasteiger partial charge in [-0.25, -0.2) is 0 Å². The molecule has 0 saturated carbocycles. The van der Waals surface area contributed by atoms with Gasteiger partial charge in [-0.15, -0.1) is 10.2 Å². The predicted molar refractivity (Wildman–Crippen MR) is 75.8 cm³/mol. The number of hydrogen-bond donors (Lipinski definition) is 1. The zero-order valence-corrected chi connectivity index (χ0v) is 10.2. The van der Waals surface area contributed by atoms with Gasteiger partial charge in [0, 0.05) is 12.1 Å². The molecule has 0 atom stereocenters. The highest BCUT2D eigenvalue weighted by Crippen LogP contribution is 2.29. The minimum Gasteiger partial charge on any atom is -0.350 e. The fourth-order valence-electron chi connectivity index (χ4n) is 2.56. The van der Waals surface area contributed by atoms with E-state index in [2.05, 4.69) is 64.1 Å². The topological polar surface area (TPSA) is 42.7 Å². The highest BCUT2D eigenvalue weighted by atomic mass is 15.3. The molecular weight excluding hydrogens is 236 g/mol. The summed E-state index contributed by atoms with van der Waals surface area (Å²) in [5.74, 6) is 0.797. The zero-order valence-electron chi connectivity index (χ0n) is 10.2. The van der Waals surface area contributed by atoms with Crippen LogP contribution >= 0.6 is 0 Å². The van der Waals surface area contributed by atoms with Crippen molar-refractivity contribution in [2.75, 3.05) is 11.9 Å². The molecule has 1 aromatic heterocycles. The monoisotopic (exact) mass is 248 g/mol. The molecule has 1 N–H and O–H groups in total. The maximum absolute atomic E-state index is 4.07. The molecule has 0 radical (unpaired) electrons. The fourth-order valence-corrected chi connectivity index (χ4v) is 2.56. The Morgan fingerprint density at radius 2 is 1.95 bits per heavy atom. The summed E-state index contributed by atoms with van der Waals surface area (Å²) in [5, 5.41) is 13.7. The number of aromatic nitrogens is 3. The Hall–Kier alpha value is -2.62. The lowest BCUT2D eigenvalue weighted by atomic mass is 10.0. The Balaban J connectivity index is 1.99. The molecule has 92 valence electrons. The number of nitrogens with one attached hydrogen (secondary N) is 1. The standard InChI is InChI=1S/C15H12N4/c1-2-6-12-11(4-1)5-3-7-13(12)14-8-9-16-15-18-17-10-19(14)15/h1-8,10H,9H2,(H,16,18). The van der Waals surface area contributed by atoms with Gasteiger partial charge in [-0.2, -0.15) is 0 Å². The molecule has 4 nitrogen and oxygen atoms in total. The normalized spacial score (nSPS) is 13.8.